The molecule has 0 aromatic heterocycles. The van der Waals surface area contributed by atoms with E-state index in [1.807, 2.05) is 6.92 Å². The molecule has 100 valence electrons. The first-order chi connectivity index (χ1) is 8.63. The molecule has 0 bridgehead atoms. The van der Waals surface area contributed by atoms with Gasteiger partial charge in [-0.15, -0.1) is 11.8 Å². The van der Waals surface area contributed by atoms with Gasteiger partial charge in [0.05, 0.1) is 11.9 Å². The number of benzene rings is 1. The molecule has 0 aliphatic carbocycles. The van der Waals surface area contributed by atoms with Crippen molar-refractivity contribution in [2.24, 2.45) is 0 Å². The van der Waals surface area contributed by atoms with Gasteiger partial charge in [-0.1, -0.05) is 29.8 Å². The van der Waals surface area contributed by atoms with Gasteiger partial charge in [0.15, 0.2) is 0 Å². The van der Waals surface area contributed by atoms with Crippen LogP contribution in [-0.2, 0) is 15.3 Å². The van der Waals surface area contributed by atoms with Crippen LogP contribution in [0.15, 0.2) is 24.3 Å². The Hall–Kier alpha value is -1.00. The lowest BCUT2D eigenvalue weighted by Crippen LogP contribution is -2.33. The highest BCUT2D eigenvalue weighted by Crippen LogP contribution is 2.18. The van der Waals surface area contributed by atoms with E-state index in [2.05, 4.69) is 36.5 Å². The molecule has 0 heterocycles. The average molecular weight is 267 g/mol. The zero-order valence-electron chi connectivity index (χ0n) is 11.2. The van der Waals surface area contributed by atoms with Crippen LogP contribution in [-0.4, -0.2) is 31.4 Å². The highest BCUT2D eigenvalue weighted by Gasteiger charge is 2.12. The first-order valence-corrected chi connectivity index (χ1v) is 7.12. The SMILES string of the molecule is COCCNC(=O)[C@@H](C)SCc1ccc(C)cc1. The van der Waals surface area contributed by atoms with Crippen LogP contribution in [0, 0.1) is 6.92 Å². The van der Waals surface area contributed by atoms with Gasteiger partial charge in [0, 0.05) is 19.4 Å². The van der Waals surface area contributed by atoms with Crippen molar-refractivity contribution in [3.05, 3.63) is 35.4 Å². The van der Waals surface area contributed by atoms with Gasteiger partial charge in [-0.25, -0.2) is 0 Å². The standard InChI is InChI=1S/C14H21NO2S/c1-11-4-6-13(7-5-11)10-18-12(2)14(16)15-8-9-17-3/h4-7,12H,8-10H2,1-3H3,(H,15,16)/t12-/m1/s1. The van der Waals surface area contributed by atoms with Crippen LogP contribution < -0.4 is 5.32 Å². The molecule has 0 unspecified atom stereocenters. The first-order valence-electron chi connectivity index (χ1n) is 6.07. The maximum atomic E-state index is 11.7. The highest BCUT2D eigenvalue weighted by molar-refractivity contribution is 7.99. The Labute approximate surface area is 113 Å². The summed E-state index contributed by atoms with van der Waals surface area (Å²) in [5.74, 6) is 0.934. The molecular weight excluding hydrogens is 246 g/mol. The summed E-state index contributed by atoms with van der Waals surface area (Å²) in [5.41, 5.74) is 2.51. The maximum Gasteiger partial charge on any atom is 0.232 e. The zero-order chi connectivity index (χ0) is 13.4. The number of carbonyl (C=O) groups excluding carboxylic acids is 1. The molecule has 0 spiro atoms. The predicted molar refractivity (Wildman–Crippen MR) is 76.8 cm³/mol. The Morgan fingerprint density at radius 3 is 2.67 bits per heavy atom. The van der Waals surface area contributed by atoms with Crippen LogP contribution in [0.4, 0.5) is 0 Å². The molecule has 1 N–H and O–H groups in total. The second-order valence-corrected chi connectivity index (χ2v) is 5.55. The molecule has 0 fully saturated rings. The second-order valence-electron chi connectivity index (χ2n) is 4.22. The van der Waals surface area contributed by atoms with Gasteiger partial charge in [0.2, 0.25) is 5.91 Å². The monoisotopic (exact) mass is 267 g/mol. The predicted octanol–water partition coefficient (Wildman–Crippen LogP) is 2.38. The van der Waals surface area contributed by atoms with E-state index in [9.17, 15) is 4.79 Å². The lowest BCUT2D eigenvalue weighted by atomic mass is 10.2. The molecule has 1 aromatic rings. The molecular formula is C14H21NO2S. The van der Waals surface area contributed by atoms with Gasteiger partial charge in [-0.3, -0.25) is 4.79 Å². The van der Waals surface area contributed by atoms with Crippen molar-refractivity contribution in [3.8, 4) is 0 Å². The summed E-state index contributed by atoms with van der Waals surface area (Å²) in [6.07, 6.45) is 0. The Morgan fingerprint density at radius 1 is 1.39 bits per heavy atom. The van der Waals surface area contributed by atoms with Crippen molar-refractivity contribution in [2.45, 2.75) is 24.9 Å². The number of ether oxygens (including phenoxy) is 1. The van der Waals surface area contributed by atoms with Crippen LogP contribution in [0.2, 0.25) is 0 Å². The highest BCUT2D eigenvalue weighted by atomic mass is 32.2. The van der Waals surface area contributed by atoms with E-state index in [1.165, 1.54) is 11.1 Å². The van der Waals surface area contributed by atoms with Gasteiger partial charge >= 0.3 is 0 Å². The largest absolute Gasteiger partial charge is 0.383 e. The van der Waals surface area contributed by atoms with Crippen molar-refractivity contribution in [1.82, 2.24) is 5.32 Å². The minimum Gasteiger partial charge on any atom is -0.383 e. The third kappa shape index (κ3) is 5.56. The summed E-state index contributed by atoms with van der Waals surface area (Å²) in [5, 5.41) is 2.81. The Balaban J connectivity index is 2.29. The van der Waals surface area contributed by atoms with Gasteiger partial charge in [-0.05, 0) is 19.4 Å². The summed E-state index contributed by atoms with van der Waals surface area (Å²) < 4.78 is 4.89. The topological polar surface area (TPSA) is 38.3 Å². The Bertz CT molecular complexity index is 365. The zero-order valence-corrected chi connectivity index (χ0v) is 12.0. The number of thioether (sulfide) groups is 1. The van der Waals surface area contributed by atoms with E-state index in [0.717, 1.165) is 5.75 Å². The average Bonchev–Trinajstić information content (AvgIpc) is 2.38. The number of nitrogens with one attached hydrogen (secondary N) is 1. The number of hydrogen-bond donors (Lipinski definition) is 1. The van der Waals surface area contributed by atoms with Crippen molar-refractivity contribution < 1.29 is 9.53 Å². The molecule has 1 aromatic carbocycles. The summed E-state index contributed by atoms with van der Waals surface area (Å²) in [7, 11) is 1.63. The number of rotatable bonds is 7. The summed E-state index contributed by atoms with van der Waals surface area (Å²) in [6.45, 7) is 5.13. The van der Waals surface area contributed by atoms with Crippen LogP contribution in [0.5, 0.6) is 0 Å². The molecule has 1 amide bonds. The van der Waals surface area contributed by atoms with E-state index in [1.54, 1.807) is 18.9 Å². The van der Waals surface area contributed by atoms with E-state index < -0.39 is 0 Å². The molecule has 0 aliphatic rings. The molecule has 0 radical (unpaired) electrons. The molecule has 1 atom stereocenters. The molecule has 4 heteroatoms. The third-order valence-electron chi connectivity index (χ3n) is 2.60. The molecule has 18 heavy (non-hydrogen) atoms. The van der Waals surface area contributed by atoms with Crippen LogP contribution >= 0.6 is 11.8 Å². The van der Waals surface area contributed by atoms with Crippen LogP contribution in [0.1, 0.15) is 18.1 Å². The fourth-order valence-corrected chi connectivity index (χ4v) is 2.27. The molecule has 3 nitrogen and oxygen atoms in total. The van der Waals surface area contributed by atoms with E-state index in [4.69, 9.17) is 4.74 Å². The number of methoxy groups -OCH3 is 1. The van der Waals surface area contributed by atoms with E-state index in [0.29, 0.717) is 13.2 Å². The van der Waals surface area contributed by atoms with Gasteiger partial charge in [0.1, 0.15) is 0 Å². The summed E-state index contributed by atoms with van der Waals surface area (Å²) >= 11 is 1.65. The lowest BCUT2D eigenvalue weighted by Gasteiger charge is -2.11. The van der Waals surface area contributed by atoms with Gasteiger partial charge < -0.3 is 10.1 Å². The quantitative estimate of drug-likeness (QED) is 0.771. The fraction of sp³-hybridized carbons (Fsp3) is 0.500. The minimum absolute atomic E-state index is 0.0387. The van der Waals surface area contributed by atoms with E-state index >= 15 is 0 Å². The van der Waals surface area contributed by atoms with Gasteiger partial charge in [0.25, 0.3) is 0 Å². The van der Waals surface area contributed by atoms with E-state index in [-0.39, 0.29) is 11.2 Å². The Kier molecular flexibility index (Phi) is 6.83. The second kappa shape index (κ2) is 8.16. The van der Waals surface area contributed by atoms with Crippen molar-refractivity contribution in [3.63, 3.8) is 0 Å². The maximum absolute atomic E-state index is 11.7. The number of aryl methyl sites for hydroxylation is 1. The number of carbonyl (C=O) groups is 1. The lowest BCUT2D eigenvalue weighted by molar-refractivity contribution is -0.120. The smallest absolute Gasteiger partial charge is 0.232 e. The van der Waals surface area contributed by atoms with Gasteiger partial charge in [-0.2, -0.15) is 0 Å². The molecule has 0 saturated heterocycles. The molecule has 0 saturated carbocycles. The van der Waals surface area contributed by atoms with Crippen LogP contribution in [0.25, 0.3) is 0 Å². The summed E-state index contributed by atoms with van der Waals surface area (Å²) in [4.78, 5) is 11.7. The van der Waals surface area contributed by atoms with Crippen LogP contribution in [0.3, 0.4) is 0 Å². The fourth-order valence-electron chi connectivity index (χ4n) is 1.40. The Morgan fingerprint density at radius 2 is 2.06 bits per heavy atom. The minimum atomic E-state index is -0.0387. The van der Waals surface area contributed by atoms with Crippen molar-refractivity contribution in [1.29, 1.82) is 0 Å². The molecule has 0 aliphatic heterocycles. The van der Waals surface area contributed by atoms with Crippen molar-refractivity contribution in [2.75, 3.05) is 20.3 Å². The summed E-state index contributed by atoms with van der Waals surface area (Å²) in [6, 6.07) is 8.41. The first kappa shape index (κ1) is 15.1. The van der Waals surface area contributed by atoms with Crippen molar-refractivity contribution >= 4 is 17.7 Å². The number of hydrogen-bond acceptors (Lipinski definition) is 3. The third-order valence-corrected chi connectivity index (χ3v) is 3.81. The molecule has 1 rings (SSSR count). The number of amides is 1. The normalized spacial score (nSPS) is 12.2.